The van der Waals surface area contributed by atoms with Crippen LogP contribution in [0.4, 0.5) is 0 Å². The molecule has 198 valence electrons. The summed E-state index contributed by atoms with van der Waals surface area (Å²) >= 11 is 0. The molecule has 0 aliphatic carbocycles. The molecule has 12 heteroatoms. The Balaban J connectivity index is 1.98. The molecule has 3 amide bonds. The molecule has 2 rings (SSSR count). The second-order valence-corrected chi connectivity index (χ2v) is 8.72. The molecule has 1 aliphatic heterocycles. The van der Waals surface area contributed by atoms with Crippen LogP contribution in [-0.2, 0) is 28.6 Å². The van der Waals surface area contributed by atoms with E-state index >= 15 is 0 Å². The number of carbonyl (C=O) groups excluding carboxylic acids is 4. The van der Waals surface area contributed by atoms with E-state index in [1.165, 1.54) is 13.2 Å². The van der Waals surface area contributed by atoms with E-state index in [0.29, 0.717) is 11.5 Å². The van der Waals surface area contributed by atoms with Crippen molar-refractivity contribution in [1.82, 2.24) is 21.1 Å². The molecule has 0 aromatic carbocycles. The Morgan fingerprint density at radius 2 is 1.86 bits per heavy atom. The number of hydrogen-bond acceptors (Lipinski definition) is 9. The van der Waals surface area contributed by atoms with E-state index in [0.717, 1.165) is 5.57 Å². The number of ether oxygens (including phenoxy) is 3. The quantitative estimate of drug-likeness (QED) is 0.186. The lowest BCUT2D eigenvalue weighted by atomic mass is 9.95. The van der Waals surface area contributed by atoms with Gasteiger partial charge in [-0.05, 0) is 40.2 Å². The minimum atomic E-state index is -1.08. The van der Waals surface area contributed by atoms with Gasteiger partial charge in [-0.25, -0.2) is 0 Å². The Morgan fingerprint density at radius 3 is 2.42 bits per heavy atom. The molecule has 0 bridgehead atoms. The molecule has 3 N–H and O–H groups in total. The summed E-state index contributed by atoms with van der Waals surface area (Å²) in [5, 5.41) is 11.2. The molecule has 12 nitrogen and oxygen atoms in total. The highest BCUT2D eigenvalue weighted by Gasteiger charge is 2.50. The van der Waals surface area contributed by atoms with Gasteiger partial charge >= 0.3 is 0 Å². The van der Waals surface area contributed by atoms with E-state index in [4.69, 9.17) is 18.7 Å². The summed E-state index contributed by atoms with van der Waals surface area (Å²) < 4.78 is 20.2. The first-order chi connectivity index (χ1) is 17.0. The standard InChI is InChI=1S/C24H34N4O8/c1-14(7-8-15(2)34-6)9-17(21(30)24(4)13-35-24)26-20(29)11-25-22(31)19(12-33-5)27-23(32)18-10-16(3)36-28-18/h7-8,10,17,19H,9,11-13H2,1-6H3,(H,25,31)(H,26,29)(H,27,32)/b14-7+,15-8+/t17-,19-,24+/m0/s1. The highest BCUT2D eigenvalue weighted by Crippen LogP contribution is 2.29. The predicted octanol–water partition coefficient (Wildman–Crippen LogP) is 0.573. The van der Waals surface area contributed by atoms with Crippen LogP contribution < -0.4 is 16.0 Å². The van der Waals surface area contributed by atoms with Gasteiger partial charge < -0.3 is 34.7 Å². The first-order valence-corrected chi connectivity index (χ1v) is 11.4. The minimum Gasteiger partial charge on any atom is -0.501 e. The number of hydrogen-bond donors (Lipinski definition) is 3. The molecule has 3 atom stereocenters. The molecule has 1 aromatic heterocycles. The fourth-order valence-corrected chi connectivity index (χ4v) is 3.14. The van der Waals surface area contributed by atoms with Crippen LogP contribution in [0.25, 0.3) is 0 Å². The minimum absolute atomic E-state index is 0.00949. The van der Waals surface area contributed by atoms with Gasteiger partial charge in [0, 0.05) is 13.2 Å². The van der Waals surface area contributed by atoms with Crippen LogP contribution >= 0.6 is 0 Å². The van der Waals surface area contributed by atoms with E-state index in [1.54, 1.807) is 40.0 Å². The maximum atomic E-state index is 12.9. The molecule has 2 heterocycles. The molecular formula is C24H34N4O8. The molecule has 1 saturated heterocycles. The Kier molecular flexibility index (Phi) is 10.4. The van der Waals surface area contributed by atoms with Gasteiger partial charge in [-0.1, -0.05) is 16.8 Å². The molecule has 0 unspecified atom stereocenters. The summed E-state index contributed by atoms with van der Waals surface area (Å²) in [5.74, 6) is -0.965. The normalized spacial score (nSPS) is 19.2. The van der Waals surface area contributed by atoms with Crippen molar-refractivity contribution in [2.45, 2.75) is 51.8 Å². The van der Waals surface area contributed by atoms with Crippen molar-refractivity contribution in [3.8, 4) is 0 Å². The van der Waals surface area contributed by atoms with Crippen LogP contribution in [0, 0.1) is 6.92 Å². The van der Waals surface area contributed by atoms with Crippen LogP contribution in [0.5, 0.6) is 0 Å². The molecule has 1 fully saturated rings. The highest BCUT2D eigenvalue weighted by atomic mass is 16.6. The van der Waals surface area contributed by atoms with Gasteiger partial charge in [0.15, 0.2) is 11.5 Å². The third-order valence-corrected chi connectivity index (χ3v) is 5.44. The fourth-order valence-electron chi connectivity index (χ4n) is 3.14. The summed E-state index contributed by atoms with van der Waals surface area (Å²) in [5.41, 5.74) is -0.0906. The summed E-state index contributed by atoms with van der Waals surface area (Å²) in [4.78, 5) is 50.4. The first kappa shape index (κ1) is 28.7. The number of nitrogens with zero attached hydrogens (tertiary/aromatic N) is 1. The molecular weight excluding hydrogens is 472 g/mol. The largest absolute Gasteiger partial charge is 0.501 e. The fraction of sp³-hybridized carbons (Fsp3) is 0.542. The van der Waals surface area contributed by atoms with Gasteiger partial charge in [0.2, 0.25) is 11.8 Å². The number of carbonyl (C=O) groups is 4. The topological polar surface area (TPSA) is 161 Å². The molecule has 0 saturated carbocycles. The van der Waals surface area contributed by atoms with E-state index in [1.807, 2.05) is 6.92 Å². The Bertz CT molecular complexity index is 1030. The molecule has 0 radical (unpaired) electrons. The number of Topliss-reactive ketones (excluding diaryl/α,β-unsaturated/α-hetero) is 1. The van der Waals surface area contributed by atoms with Gasteiger partial charge in [0.1, 0.15) is 17.4 Å². The second-order valence-electron chi connectivity index (χ2n) is 8.72. The summed E-state index contributed by atoms with van der Waals surface area (Å²) in [7, 11) is 2.92. The number of epoxide rings is 1. The van der Waals surface area contributed by atoms with E-state index < -0.39 is 42.0 Å². The number of aryl methyl sites for hydroxylation is 1. The van der Waals surface area contributed by atoms with E-state index in [9.17, 15) is 19.2 Å². The predicted molar refractivity (Wildman–Crippen MR) is 128 cm³/mol. The lowest BCUT2D eigenvalue weighted by molar-refractivity contribution is -0.131. The molecule has 0 spiro atoms. The Morgan fingerprint density at radius 1 is 1.17 bits per heavy atom. The maximum Gasteiger partial charge on any atom is 0.274 e. The number of amides is 3. The van der Waals surface area contributed by atoms with Crippen LogP contribution in [0.1, 0.15) is 43.4 Å². The van der Waals surface area contributed by atoms with Crippen molar-refractivity contribution in [3.05, 3.63) is 41.0 Å². The van der Waals surface area contributed by atoms with Gasteiger partial charge in [0.05, 0.1) is 38.7 Å². The second kappa shape index (κ2) is 13.0. The number of ketones is 1. The van der Waals surface area contributed by atoms with Crippen molar-refractivity contribution in [3.63, 3.8) is 0 Å². The smallest absolute Gasteiger partial charge is 0.274 e. The maximum absolute atomic E-state index is 12.9. The number of allylic oxidation sites excluding steroid dienone is 3. The van der Waals surface area contributed by atoms with Gasteiger partial charge in [-0.15, -0.1) is 0 Å². The first-order valence-electron chi connectivity index (χ1n) is 11.4. The SMILES string of the molecule is COC[C@H](NC(=O)c1cc(C)on1)C(=O)NCC(=O)N[C@@H](C/C(C)=C/C=C(\C)OC)C(=O)[C@@]1(C)CO1. The van der Waals surface area contributed by atoms with Crippen LogP contribution in [0.15, 0.2) is 34.1 Å². The zero-order valence-electron chi connectivity index (χ0n) is 21.4. The van der Waals surface area contributed by atoms with Crippen molar-refractivity contribution < 1.29 is 37.9 Å². The Hall–Kier alpha value is -3.51. The highest BCUT2D eigenvalue weighted by molar-refractivity contribution is 5.98. The summed E-state index contributed by atoms with van der Waals surface area (Å²) in [6, 6.07) is -0.502. The van der Waals surface area contributed by atoms with Crippen LogP contribution in [0.3, 0.4) is 0 Å². The lowest BCUT2D eigenvalue weighted by Crippen LogP contribution is -2.53. The molecule has 36 heavy (non-hydrogen) atoms. The average molecular weight is 507 g/mol. The molecule has 1 aromatic rings. The summed E-state index contributed by atoms with van der Waals surface area (Å²) in [6.45, 7) is 6.66. The number of aromatic nitrogens is 1. The van der Waals surface area contributed by atoms with Crippen molar-refractivity contribution in [2.75, 3.05) is 34.0 Å². The summed E-state index contributed by atoms with van der Waals surface area (Å²) in [6.07, 6.45) is 3.82. The van der Waals surface area contributed by atoms with E-state index in [-0.39, 0.29) is 31.1 Å². The van der Waals surface area contributed by atoms with Crippen molar-refractivity contribution >= 4 is 23.5 Å². The Labute approximate surface area is 209 Å². The van der Waals surface area contributed by atoms with Crippen molar-refractivity contribution in [2.24, 2.45) is 0 Å². The number of rotatable bonds is 14. The number of methoxy groups -OCH3 is 2. The monoisotopic (exact) mass is 506 g/mol. The number of nitrogens with one attached hydrogen (secondary N) is 3. The lowest BCUT2D eigenvalue weighted by Gasteiger charge is -2.21. The third kappa shape index (κ3) is 8.61. The third-order valence-electron chi connectivity index (χ3n) is 5.44. The van der Waals surface area contributed by atoms with Crippen LogP contribution in [0.2, 0.25) is 0 Å². The average Bonchev–Trinajstić information content (AvgIpc) is 3.45. The van der Waals surface area contributed by atoms with E-state index in [2.05, 4.69) is 21.1 Å². The van der Waals surface area contributed by atoms with Gasteiger partial charge in [-0.2, -0.15) is 0 Å². The van der Waals surface area contributed by atoms with Gasteiger partial charge in [-0.3, -0.25) is 19.2 Å². The van der Waals surface area contributed by atoms with Crippen molar-refractivity contribution in [1.29, 1.82) is 0 Å². The zero-order chi connectivity index (χ0) is 26.9. The molecule has 1 aliphatic rings. The zero-order valence-corrected chi connectivity index (χ0v) is 21.4. The van der Waals surface area contributed by atoms with Crippen LogP contribution in [-0.4, -0.2) is 80.3 Å². The van der Waals surface area contributed by atoms with Gasteiger partial charge in [0.25, 0.3) is 5.91 Å².